The molecule has 1 amide bonds. The number of sulfonamides is 1. The Morgan fingerprint density at radius 1 is 1.16 bits per heavy atom. The fourth-order valence-electron chi connectivity index (χ4n) is 4.24. The molecule has 0 aliphatic carbocycles. The second-order valence-electron chi connectivity index (χ2n) is 7.26. The maximum atomic E-state index is 13.0. The number of benzene rings is 1. The monoisotopic (exact) mass is 364 g/mol. The first-order valence-corrected chi connectivity index (χ1v) is 10.4. The molecule has 0 spiro atoms. The first-order chi connectivity index (χ1) is 12.0. The minimum atomic E-state index is -3.56. The third-order valence-electron chi connectivity index (χ3n) is 5.57. The Bertz CT molecular complexity index is 773. The van der Waals surface area contributed by atoms with Crippen LogP contribution in [0.4, 0.5) is 0 Å². The summed E-state index contributed by atoms with van der Waals surface area (Å²) in [4.78, 5) is 15.0. The Morgan fingerprint density at radius 3 is 2.60 bits per heavy atom. The average molecular weight is 364 g/mol. The quantitative estimate of drug-likeness (QED) is 0.813. The molecule has 3 aliphatic rings. The van der Waals surface area contributed by atoms with Crippen LogP contribution in [0.15, 0.2) is 29.2 Å². The van der Waals surface area contributed by atoms with Crippen molar-refractivity contribution in [1.29, 1.82) is 0 Å². The molecule has 3 aliphatic heterocycles. The maximum absolute atomic E-state index is 13.0. The van der Waals surface area contributed by atoms with E-state index in [4.69, 9.17) is 4.74 Å². The van der Waals surface area contributed by atoms with Crippen LogP contribution >= 0.6 is 0 Å². The van der Waals surface area contributed by atoms with Crippen LogP contribution in [-0.4, -0.2) is 61.9 Å². The summed E-state index contributed by atoms with van der Waals surface area (Å²) in [5.74, 6) is -0.0692. The summed E-state index contributed by atoms with van der Waals surface area (Å²) in [5.41, 5.74) is 0.742. The molecule has 6 nitrogen and oxygen atoms in total. The number of ether oxygens (including phenoxy) is 1. The number of rotatable bonds is 3. The second kappa shape index (κ2) is 6.37. The number of aryl methyl sites for hydroxylation is 1. The van der Waals surface area contributed by atoms with E-state index in [0.717, 1.165) is 31.5 Å². The molecule has 3 saturated heterocycles. The van der Waals surface area contributed by atoms with Gasteiger partial charge < -0.3 is 9.64 Å². The lowest BCUT2D eigenvalue weighted by molar-refractivity contribution is -0.136. The highest BCUT2D eigenvalue weighted by atomic mass is 32.2. The lowest BCUT2D eigenvalue weighted by Gasteiger charge is -2.32. The summed E-state index contributed by atoms with van der Waals surface area (Å²) in [5, 5.41) is 0. The van der Waals surface area contributed by atoms with Gasteiger partial charge in [-0.1, -0.05) is 18.2 Å². The normalized spacial score (nSPS) is 30.0. The summed E-state index contributed by atoms with van der Waals surface area (Å²) < 4.78 is 33.5. The first kappa shape index (κ1) is 17.0. The van der Waals surface area contributed by atoms with Gasteiger partial charge in [-0.05, 0) is 37.8 Å². The molecule has 3 fully saturated rings. The van der Waals surface area contributed by atoms with Crippen LogP contribution < -0.4 is 0 Å². The van der Waals surface area contributed by atoms with Gasteiger partial charge in [0.25, 0.3) is 0 Å². The highest BCUT2D eigenvalue weighted by molar-refractivity contribution is 7.89. The zero-order valence-corrected chi connectivity index (χ0v) is 15.2. The average Bonchev–Trinajstić information content (AvgIpc) is 3.22. The number of amides is 1. The van der Waals surface area contributed by atoms with E-state index < -0.39 is 10.0 Å². The summed E-state index contributed by atoms with van der Waals surface area (Å²) in [6.07, 6.45) is 2.22. The van der Waals surface area contributed by atoms with Crippen LogP contribution in [0.25, 0.3) is 0 Å². The Kier molecular flexibility index (Phi) is 4.33. The molecule has 25 heavy (non-hydrogen) atoms. The Hall–Kier alpha value is -1.44. The minimum absolute atomic E-state index is 0.139. The molecule has 0 saturated carbocycles. The molecule has 0 N–H and O–H groups in total. The van der Waals surface area contributed by atoms with Crippen molar-refractivity contribution in [3.05, 3.63) is 29.8 Å². The van der Waals surface area contributed by atoms with Crippen molar-refractivity contribution in [2.45, 2.75) is 43.3 Å². The maximum Gasteiger partial charge on any atom is 0.243 e. The fraction of sp³-hybridized carbons (Fsp3) is 0.611. The number of carbonyl (C=O) groups excluding carboxylic acids is 1. The van der Waals surface area contributed by atoms with Gasteiger partial charge >= 0.3 is 0 Å². The summed E-state index contributed by atoms with van der Waals surface area (Å²) in [6.45, 7) is 4.03. The van der Waals surface area contributed by atoms with Gasteiger partial charge in [0.05, 0.1) is 23.0 Å². The van der Waals surface area contributed by atoms with Crippen molar-refractivity contribution in [1.82, 2.24) is 9.21 Å². The largest absolute Gasteiger partial charge is 0.371 e. The van der Waals surface area contributed by atoms with Crippen molar-refractivity contribution < 1.29 is 17.9 Å². The van der Waals surface area contributed by atoms with Gasteiger partial charge in [0.2, 0.25) is 15.9 Å². The zero-order chi connectivity index (χ0) is 17.6. The highest BCUT2D eigenvalue weighted by Gasteiger charge is 2.48. The number of likely N-dealkylation sites (tertiary alicyclic amines) is 1. The lowest BCUT2D eigenvalue weighted by atomic mass is 9.99. The van der Waals surface area contributed by atoms with Crippen molar-refractivity contribution in [2.24, 2.45) is 5.92 Å². The molecule has 0 unspecified atom stereocenters. The van der Waals surface area contributed by atoms with Gasteiger partial charge in [0, 0.05) is 26.2 Å². The van der Waals surface area contributed by atoms with Gasteiger partial charge in [-0.25, -0.2) is 8.42 Å². The van der Waals surface area contributed by atoms with Gasteiger partial charge in [-0.3, -0.25) is 4.79 Å². The molecular weight excluding hydrogens is 340 g/mol. The van der Waals surface area contributed by atoms with E-state index in [9.17, 15) is 13.2 Å². The molecule has 3 heterocycles. The van der Waals surface area contributed by atoms with Crippen molar-refractivity contribution in [3.63, 3.8) is 0 Å². The molecule has 2 bridgehead atoms. The molecule has 1 aromatic carbocycles. The van der Waals surface area contributed by atoms with Gasteiger partial charge in [0.15, 0.2) is 0 Å². The van der Waals surface area contributed by atoms with Crippen LogP contribution in [0.3, 0.4) is 0 Å². The van der Waals surface area contributed by atoms with Gasteiger partial charge in [-0.2, -0.15) is 4.31 Å². The number of hydrogen-bond donors (Lipinski definition) is 0. The van der Waals surface area contributed by atoms with Gasteiger partial charge in [0.1, 0.15) is 0 Å². The second-order valence-corrected chi connectivity index (χ2v) is 9.17. The Balaban J connectivity index is 1.54. The number of nitrogens with zero attached hydrogens (tertiary/aromatic N) is 2. The Labute approximate surface area is 148 Å². The first-order valence-electron chi connectivity index (χ1n) is 8.97. The van der Waals surface area contributed by atoms with E-state index >= 15 is 0 Å². The van der Waals surface area contributed by atoms with E-state index in [2.05, 4.69) is 0 Å². The molecule has 0 radical (unpaired) electrons. The topological polar surface area (TPSA) is 66.9 Å². The number of carbonyl (C=O) groups is 1. The van der Waals surface area contributed by atoms with Crippen LogP contribution in [0.5, 0.6) is 0 Å². The standard InChI is InChI=1S/C18H24N2O4S/c1-13-6-2-3-7-17(13)25(22,23)20-11-14-10-15(16(12-20)24-14)18(21)19-8-4-5-9-19/h2-3,6-7,14-16H,4-5,8-12H2,1H3/t14-,15-,16-/m1/s1. The number of hydrogen-bond acceptors (Lipinski definition) is 4. The van der Waals surface area contributed by atoms with Crippen LogP contribution in [0.2, 0.25) is 0 Å². The summed E-state index contributed by atoms with van der Waals surface area (Å²) in [6, 6.07) is 7.04. The molecule has 3 atom stereocenters. The predicted molar refractivity (Wildman–Crippen MR) is 92.5 cm³/mol. The summed E-state index contributed by atoms with van der Waals surface area (Å²) >= 11 is 0. The van der Waals surface area contributed by atoms with Gasteiger partial charge in [-0.15, -0.1) is 0 Å². The van der Waals surface area contributed by atoms with Crippen molar-refractivity contribution >= 4 is 15.9 Å². The lowest BCUT2D eigenvalue weighted by Crippen LogP contribution is -2.48. The molecule has 1 aromatic rings. The number of morpholine rings is 1. The minimum Gasteiger partial charge on any atom is -0.371 e. The van der Waals surface area contributed by atoms with Crippen LogP contribution in [0, 0.1) is 12.8 Å². The zero-order valence-electron chi connectivity index (χ0n) is 14.4. The summed E-state index contributed by atoms with van der Waals surface area (Å²) in [7, 11) is -3.56. The van der Waals surface area contributed by atoms with Crippen molar-refractivity contribution in [2.75, 3.05) is 26.2 Å². The van der Waals surface area contributed by atoms with E-state index in [1.54, 1.807) is 12.1 Å². The predicted octanol–water partition coefficient (Wildman–Crippen LogP) is 1.40. The van der Waals surface area contributed by atoms with E-state index in [1.165, 1.54) is 4.31 Å². The SMILES string of the molecule is Cc1ccccc1S(=O)(=O)N1C[C@H]2C[C@@H](C(=O)N3CCCC3)[C@@H](C1)O2. The highest BCUT2D eigenvalue weighted by Crippen LogP contribution is 2.36. The molecule has 136 valence electrons. The molecular formula is C18H24N2O4S. The third-order valence-corrected chi connectivity index (χ3v) is 7.56. The van der Waals surface area contributed by atoms with Crippen LogP contribution in [0.1, 0.15) is 24.8 Å². The molecule has 7 heteroatoms. The fourth-order valence-corrected chi connectivity index (χ4v) is 5.95. The molecule has 4 rings (SSSR count). The molecule has 0 aromatic heterocycles. The third kappa shape index (κ3) is 2.98. The Morgan fingerprint density at radius 2 is 1.88 bits per heavy atom. The van der Waals surface area contributed by atoms with E-state index in [1.807, 2.05) is 24.0 Å². The van der Waals surface area contributed by atoms with E-state index in [0.29, 0.717) is 17.9 Å². The van der Waals surface area contributed by atoms with Crippen molar-refractivity contribution in [3.8, 4) is 0 Å². The number of fused-ring (bicyclic) bond motifs is 2. The van der Waals surface area contributed by atoms with E-state index in [-0.39, 0.29) is 30.6 Å². The smallest absolute Gasteiger partial charge is 0.243 e. The van der Waals surface area contributed by atoms with Crippen LogP contribution in [-0.2, 0) is 19.6 Å².